The number of nitrogens with zero attached hydrogens (tertiary/aromatic N) is 1. The van der Waals surface area contributed by atoms with Crippen molar-refractivity contribution in [3.05, 3.63) is 11.9 Å². The molecule has 0 bridgehead atoms. The van der Waals surface area contributed by atoms with Gasteiger partial charge in [-0.3, -0.25) is 4.90 Å². The van der Waals surface area contributed by atoms with Crippen LogP contribution >= 0.6 is 0 Å². The molecule has 18 heavy (non-hydrogen) atoms. The van der Waals surface area contributed by atoms with Crippen LogP contribution in [-0.2, 0) is 14.2 Å². The van der Waals surface area contributed by atoms with Gasteiger partial charge in [-0.05, 0) is 18.4 Å². The molecular formula is C13H22FNO3. The van der Waals surface area contributed by atoms with Crippen molar-refractivity contribution in [2.24, 2.45) is 0 Å². The third-order valence-electron chi connectivity index (χ3n) is 3.86. The first-order valence-electron chi connectivity index (χ1n) is 6.37. The first-order chi connectivity index (χ1) is 8.74. The molecule has 0 N–H and O–H groups in total. The summed E-state index contributed by atoms with van der Waals surface area (Å²) in [6.07, 6.45) is 2.61. The van der Waals surface area contributed by atoms with Gasteiger partial charge in [0.15, 0.2) is 0 Å². The number of ether oxygens (including phenoxy) is 3. The summed E-state index contributed by atoms with van der Waals surface area (Å²) in [7, 11) is 3.37. The molecule has 2 rings (SSSR count). The number of hydrogen-bond acceptors (Lipinski definition) is 4. The zero-order valence-electron chi connectivity index (χ0n) is 11.2. The van der Waals surface area contributed by atoms with Crippen LogP contribution < -0.4 is 0 Å². The predicted molar refractivity (Wildman–Crippen MR) is 66.2 cm³/mol. The standard InChI is InChI=1S/C13H22FNO3/c1-16-3-4-18-12-6-13(10-17-2)5-11(7-14)8-15(13)9-12/h7,12H,3-6,8-10H2,1-2H3/b11-7-/t12-,13+/m0/s1. The quantitative estimate of drug-likeness (QED) is 0.674. The summed E-state index contributed by atoms with van der Waals surface area (Å²) >= 11 is 0. The number of methoxy groups -OCH3 is 2. The smallest absolute Gasteiger partial charge is 0.0872 e. The minimum absolute atomic E-state index is 0.0651. The van der Waals surface area contributed by atoms with E-state index in [4.69, 9.17) is 14.2 Å². The highest BCUT2D eigenvalue weighted by molar-refractivity contribution is 5.20. The van der Waals surface area contributed by atoms with Gasteiger partial charge >= 0.3 is 0 Å². The molecule has 0 aromatic rings. The van der Waals surface area contributed by atoms with E-state index < -0.39 is 0 Å². The average Bonchev–Trinajstić information content (AvgIpc) is 2.83. The number of rotatable bonds is 6. The highest BCUT2D eigenvalue weighted by Gasteiger charge is 2.50. The summed E-state index contributed by atoms with van der Waals surface area (Å²) in [5, 5.41) is 0. The van der Waals surface area contributed by atoms with E-state index in [9.17, 15) is 4.39 Å². The SMILES string of the molecule is COCCO[C@@H]1CN2C/C(=C\F)C[C@]2(COC)C1. The minimum atomic E-state index is -0.0651. The third-order valence-corrected chi connectivity index (χ3v) is 3.86. The summed E-state index contributed by atoms with van der Waals surface area (Å²) in [6, 6.07) is 0. The molecule has 104 valence electrons. The lowest BCUT2D eigenvalue weighted by molar-refractivity contribution is 0.0198. The maximum atomic E-state index is 12.7. The molecule has 0 aliphatic carbocycles. The molecule has 0 aromatic heterocycles. The molecule has 2 atom stereocenters. The number of hydrogen-bond donors (Lipinski definition) is 0. The van der Waals surface area contributed by atoms with Gasteiger partial charge in [-0.15, -0.1) is 0 Å². The number of halogens is 1. The Hall–Kier alpha value is -0.490. The topological polar surface area (TPSA) is 30.9 Å². The van der Waals surface area contributed by atoms with E-state index in [0.717, 1.165) is 31.3 Å². The van der Waals surface area contributed by atoms with E-state index in [1.165, 1.54) is 0 Å². The van der Waals surface area contributed by atoms with E-state index in [2.05, 4.69) is 4.90 Å². The molecule has 2 heterocycles. The highest BCUT2D eigenvalue weighted by Crippen LogP contribution is 2.42. The lowest BCUT2D eigenvalue weighted by Gasteiger charge is -2.30. The maximum absolute atomic E-state index is 12.7. The molecule has 0 aromatic carbocycles. The van der Waals surface area contributed by atoms with Crippen molar-refractivity contribution in [3.63, 3.8) is 0 Å². The Balaban J connectivity index is 1.94. The molecule has 2 fully saturated rings. The van der Waals surface area contributed by atoms with E-state index in [1.54, 1.807) is 14.2 Å². The molecule has 2 aliphatic heterocycles. The molecule has 4 nitrogen and oxygen atoms in total. The first kappa shape index (κ1) is 13.9. The van der Waals surface area contributed by atoms with Gasteiger partial charge in [0, 0.05) is 27.3 Å². The maximum Gasteiger partial charge on any atom is 0.0872 e. The van der Waals surface area contributed by atoms with Gasteiger partial charge in [0.25, 0.3) is 0 Å². The van der Waals surface area contributed by atoms with E-state index in [1.807, 2.05) is 0 Å². The molecule has 0 saturated carbocycles. The fourth-order valence-electron chi connectivity index (χ4n) is 3.15. The Morgan fingerprint density at radius 2 is 2.22 bits per heavy atom. The number of fused-ring (bicyclic) bond motifs is 1. The van der Waals surface area contributed by atoms with Crippen LogP contribution in [0.25, 0.3) is 0 Å². The monoisotopic (exact) mass is 259 g/mol. The van der Waals surface area contributed by atoms with Crippen molar-refractivity contribution in [2.75, 3.05) is 47.1 Å². The predicted octanol–water partition coefficient (Wildman–Crippen LogP) is 1.37. The van der Waals surface area contributed by atoms with Crippen molar-refractivity contribution in [3.8, 4) is 0 Å². The van der Waals surface area contributed by atoms with Crippen molar-refractivity contribution in [2.45, 2.75) is 24.5 Å². The van der Waals surface area contributed by atoms with Crippen LogP contribution in [0, 0.1) is 0 Å². The van der Waals surface area contributed by atoms with Crippen molar-refractivity contribution in [1.82, 2.24) is 4.90 Å². The summed E-state index contributed by atoms with van der Waals surface area (Å²) < 4.78 is 28.8. The van der Waals surface area contributed by atoms with Crippen molar-refractivity contribution in [1.29, 1.82) is 0 Å². The van der Waals surface area contributed by atoms with E-state index >= 15 is 0 Å². The Bertz CT molecular complexity index is 311. The Labute approximate surface area is 108 Å². The fraction of sp³-hybridized carbons (Fsp3) is 0.846. The fourth-order valence-corrected chi connectivity index (χ4v) is 3.15. The first-order valence-corrected chi connectivity index (χ1v) is 6.37. The highest BCUT2D eigenvalue weighted by atomic mass is 19.1. The molecular weight excluding hydrogens is 237 g/mol. The van der Waals surface area contributed by atoms with Crippen LogP contribution in [0.15, 0.2) is 11.9 Å². The Morgan fingerprint density at radius 3 is 2.89 bits per heavy atom. The normalized spacial score (nSPS) is 34.4. The largest absolute Gasteiger partial charge is 0.383 e. The lowest BCUT2D eigenvalue weighted by atomic mass is 9.93. The van der Waals surface area contributed by atoms with Crippen LogP contribution in [-0.4, -0.2) is 63.7 Å². The van der Waals surface area contributed by atoms with Crippen molar-refractivity contribution >= 4 is 0 Å². The Kier molecular flexibility index (Phi) is 4.72. The Morgan fingerprint density at radius 1 is 1.39 bits per heavy atom. The zero-order chi connectivity index (χ0) is 13.0. The van der Waals surface area contributed by atoms with Gasteiger partial charge in [-0.25, -0.2) is 4.39 Å². The molecule has 0 spiro atoms. The summed E-state index contributed by atoms with van der Waals surface area (Å²) in [6.45, 7) is 3.41. The molecule has 5 heteroatoms. The van der Waals surface area contributed by atoms with Crippen LogP contribution in [0.4, 0.5) is 4.39 Å². The van der Waals surface area contributed by atoms with Gasteiger partial charge in [0.05, 0.1) is 37.8 Å². The second kappa shape index (κ2) is 6.10. The minimum Gasteiger partial charge on any atom is -0.383 e. The lowest BCUT2D eigenvalue weighted by Crippen LogP contribution is -2.42. The summed E-state index contributed by atoms with van der Waals surface area (Å²) in [4.78, 5) is 2.29. The van der Waals surface area contributed by atoms with Gasteiger partial charge in [-0.2, -0.15) is 0 Å². The van der Waals surface area contributed by atoms with Crippen LogP contribution in [0.2, 0.25) is 0 Å². The van der Waals surface area contributed by atoms with Gasteiger partial charge in [0.2, 0.25) is 0 Å². The zero-order valence-corrected chi connectivity index (χ0v) is 11.2. The van der Waals surface area contributed by atoms with Gasteiger partial charge < -0.3 is 14.2 Å². The van der Waals surface area contributed by atoms with E-state index in [-0.39, 0.29) is 11.6 Å². The van der Waals surface area contributed by atoms with Crippen LogP contribution in [0.3, 0.4) is 0 Å². The second-order valence-corrected chi connectivity index (χ2v) is 5.17. The third kappa shape index (κ3) is 2.74. The van der Waals surface area contributed by atoms with Gasteiger partial charge in [0.1, 0.15) is 0 Å². The van der Waals surface area contributed by atoms with Crippen LogP contribution in [0.5, 0.6) is 0 Å². The average molecular weight is 259 g/mol. The van der Waals surface area contributed by atoms with E-state index in [0.29, 0.717) is 26.4 Å². The molecule has 2 aliphatic rings. The molecule has 0 amide bonds. The van der Waals surface area contributed by atoms with Crippen molar-refractivity contribution < 1.29 is 18.6 Å². The molecule has 2 saturated heterocycles. The molecule has 0 radical (unpaired) electrons. The second-order valence-electron chi connectivity index (χ2n) is 5.17. The molecule has 0 unspecified atom stereocenters. The van der Waals surface area contributed by atoms with Gasteiger partial charge in [-0.1, -0.05) is 0 Å². The summed E-state index contributed by atoms with van der Waals surface area (Å²) in [5.41, 5.74) is 0.798. The summed E-state index contributed by atoms with van der Waals surface area (Å²) in [5.74, 6) is 0. The van der Waals surface area contributed by atoms with Crippen LogP contribution in [0.1, 0.15) is 12.8 Å².